The van der Waals surface area contributed by atoms with E-state index < -0.39 is 21.8 Å². The fraction of sp³-hybridized carbons (Fsp3) is 0.400. The summed E-state index contributed by atoms with van der Waals surface area (Å²) in [7, 11) is -2.56. The Balaban J connectivity index is 2.32. The van der Waals surface area contributed by atoms with Gasteiger partial charge in [-0.1, -0.05) is 12.8 Å². The maximum absolute atomic E-state index is 13.4. The summed E-state index contributed by atoms with van der Waals surface area (Å²) in [4.78, 5) is 11.1. The van der Waals surface area contributed by atoms with Gasteiger partial charge in [0.2, 0.25) is 10.0 Å². The summed E-state index contributed by atoms with van der Waals surface area (Å²) in [6.45, 7) is 0. The van der Waals surface area contributed by atoms with Crippen molar-refractivity contribution in [3.05, 3.63) is 35.7 Å². The fourth-order valence-electron chi connectivity index (χ4n) is 2.45. The first-order valence-corrected chi connectivity index (χ1v) is 8.48. The van der Waals surface area contributed by atoms with Crippen LogP contribution in [-0.2, 0) is 19.6 Å². The van der Waals surface area contributed by atoms with Crippen LogP contribution in [0.2, 0.25) is 0 Å². The summed E-state index contributed by atoms with van der Waals surface area (Å²) in [5, 5.41) is 0. The second kappa shape index (κ2) is 7.02. The number of carbonyl (C=O) groups is 1. The molecule has 2 rings (SSSR count). The van der Waals surface area contributed by atoms with Crippen molar-refractivity contribution >= 4 is 22.1 Å². The van der Waals surface area contributed by atoms with Crippen molar-refractivity contribution in [3.63, 3.8) is 0 Å². The number of esters is 1. The van der Waals surface area contributed by atoms with Gasteiger partial charge in [0, 0.05) is 12.1 Å². The van der Waals surface area contributed by atoms with Gasteiger partial charge in [-0.25, -0.2) is 22.3 Å². The highest BCUT2D eigenvalue weighted by Gasteiger charge is 2.24. The summed E-state index contributed by atoms with van der Waals surface area (Å²) >= 11 is 0. The SMILES string of the molecule is COC(=O)/C=C/c1cc(F)ccc1S(=O)(=O)NC1CCCC1. The molecule has 0 atom stereocenters. The summed E-state index contributed by atoms with van der Waals surface area (Å²) in [5.41, 5.74) is 0.107. The van der Waals surface area contributed by atoms with Crippen molar-refractivity contribution in [2.24, 2.45) is 0 Å². The summed E-state index contributed by atoms with van der Waals surface area (Å²) in [6.07, 6.45) is 5.88. The van der Waals surface area contributed by atoms with Gasteiger partial charge >= 0.3 is 5.97 Å². The molecule has 1 aliphatic carbocycles. The smallest absolute Gasteiger partial charge is 0.330 e. The first kappa shape index (κ1) is 16.6. The molecule has 1 aromatic rings. The van der Waals surface area contributed by atoms with Crippen LogP contribution < -0.4 is 4.72 Å². The van der Waals surface area contributed by atoms with Crippen LogP contribution >= 0.6 is 0 Å². The molecule has 0 heterocycles. The van der Waals surface area contributed by atoms with Gasteiger partial charge in [-0.3, -0.25) is 0 Å². The molecule has 0 unspecified atom stereocenters. The minimum absolute atomic E-state index is 0.0547. The maximum atomic E-state index is 13.4. The lowest BCUT2D eigenvalue weighted by Gasteiger charge is -2.14. The van der Waals surface area contributed by atoms with Gasteiger partial charge in [-0.2, -0.15) is 0 Å². The number of ether oxygens (including phenoxy) is 1. The van der Waals surface area contributed by atoms with Crippen LogP contribution in [0.5, 0.6) is 0 Å². The quantitative estimate of drug-likeness (QED) is 0.665. The summed E-state index contributed by atoms with van der Waals surface area (Å²) in [6, 6.07) is 3.26. The molecule has 0 amide bonds. The Morgan fingerprint density at radius 2 is 2.05 bits per heavy atom. The number of carbonyl (C=O) groups excluding carboxylic acids is 1. The average Bonchev–Trinajstić information content (AvgIpc) is 2.96. The molecule has 120 valence electrons. The number of hydrogen-bond acceptors (Lipinski definition) is 4. The number of sulfonamides is 1. The van der Waals surface area contributed by atoms with Crippen LogP contribution in [0.15, 0.2) is 29.2 Å². The zero-order valence-corrected chi connectivity index (χ0v) is 13.0. The van der Waals surface area contributed by atoms with Gasteiger partial charge in [0.25, 0.3) is 0 Å². The van der Waals surface area contributed by atoms with Gasteiger partial charge in [-0.05, 0) is 42.7 Å². The van der Waals surface area contributed by atoms with Crippen molar-refractivity contribution in [1.82, 2.24) is 4.72 Å². The number of hydrogen-bond donors (Lipinski definition) is 1. The van der Waals surface area contributed by atoms with Crippen LogP contribution in [0.25, 0.3) is 6.08 Å². The summed E-state index contributed by atoms with van der Waals surface area (Å²) < 4.78 is 45.4. The molecule has 0 aliphatic heterocycles. The van der Waals surface area contributed by atoms with E-state index in [2.05, 4.69) is 9.46 Å². The lowest BCUT2D eigenvalue weighted by molar-refractivity contribution is -0.134. The van der Waals surface area contributed by atoms with Crippen LogP contribution in [0.1, 0.15) is 31.2 Å². The Hall–Kier alpha value is -1.73. The standard InChI is InChI=1S/C15H18FNO4S/c1-21-15(18)9-6-11-10-12(16)7-8-14(11)22(19,20)17-13-4-2-3-5-13/h6-10,13,17H,2-5H2,1H3/b9-6+. The average molecular weight is 327 g/mol. The monoisotopic (exact) mass is 327 g/mol. The van der Waals surface area contributed by atoms with Crippen LogP contribution in [0, 0.1) is 5.82 Å². The molecule has 1 aliphatic rings. The van der Waals surface area contributed by atoms with E-state index in [0.29, 0.717) is 0 Å². The third kappa shape index (κ3) is 4.14. The number of rotatable bonds is 5. The Bertz CT molecular complexity index is 679. The van der Waals surface area contributed by atoms with Gasteiger partial charge in [-0.15, -0.1) is 0 Å². The molecule has 22 heavy (non-hydrogen) atoms. The third-order valence-electron chi connectivity index (χ3n) is 3.54. The molecule has 0 radical (unpaired) electrons. The number of halogens is 1. The molecule has 1 N–H and O–H groups in total. The second-order valence-electron chi connectivity index (χ2n) is 5.14. The molecule has 1 fully saturated rings. The van der Waals surface area contributed by atoms with E-state index in [0.717, 1.165) is 43.9 Å². The largest absolute Gasteiger partial charge is 0.466 e. The van der Waals surface area contributed by atoms with E-state index in [-0.39, 0.29) is 16.5 Å². The molecule has 0 saturated heterocycles. The fourth-order valence-corrected chi connectivity index (χ4v) is 3.93. The van der Waals surface area contributed by atoms with E-state index >= 15 is 0 Å². The van der Waals surface area contributed by atoms with Crippen LogP contribution in [0.3, 0.4) is 0 Å². The lowest BCUT2D eigenvalue weighted by Crippen LogP contribution is -2.33. The molecule has 5 nitrogen and oxygen atoms in total. The molecule has 1 saturated carbocycles. The molecular formula is C15H18FNO4S. The topological polar surface area (TPSA) is 72.5 Å². The Morgan fingerprint density at radius 1 is 1.36 bits per heavy atom. The van der Waals surface area contributed by atoms with Gasteiger partial charge in [0.15, 0.2) is 0 Å². The number of nitrogens with one attached hydrogen (secondary N) is 1. The van der Waals surface area contributed by atoms with Crippen molar-refractivity contribution < 1.29 is 22.3 Å². The second-order valence-corrected chi connectivity index (χ2v) is 6.82. The first-order chi connectivity index (χ1) is 10.4. The third-order valence-corrected chi connectivity index (χ3v) is 5.13. The van der Waals surface area contributed by atoms with E-state index in [4.69, 9.17) is 0 Å². The number of methoxy groups -OCH3 is 1. The first-order valence-electron chi connectivity index (χ1n) is 7.00. The van der Waals surface area contributed by atoms with Crippen molar-refractivity contribution in [2.45, 2.75) is 36.6 Å². The van der Waals surface area contributed by atoms with E-state index in [9.17, 15) is 17.6 Å². The van der Waals surface area contributed by atoms with E-state index in [1.54, 1.807) is 0 Å². The zero-order chi connectivity index (χ0) is 16.2. The molecule has 7 heteroatoms. The Kier molecular flexibility index (Phi) is 5.31. The maximum Gasteiger partial charge on any atom is 0.330 e. The van der Waals surface area contributed by atoms with Gasteiger partial charge < -0.3 is 4.74 Å². The minimum atomic E-state index is -3.77. The van der Waals surface area contributed by atoms with Crippen LogP contribution in [-0.4, -0.2) is 27.5 Å². The predicted molar refractivity (Wildman–Crippen MR) is 80.0 cm³/mol. The van der Waals surface area contributed by atoms with Crippen molar-refractivity contribution in [2.75, 3.05) is 7.11 Å². The highest BCUT2D eigenvalue weighted by Crippen LogP contribution is 2.23. The highest BCUT2D eigenvalue weighted by molar-refractivity contribution is 7.89. The van der Waals surface area contributed by atoms with E-state index in [1.165, 1.54) is 19.3 Å². The zero-order valence-electron chi connectivity index (χ0n) is 12.2. The normalized spacial score (nSPS) is 16.3. The summed E-state index contributed by atoms with van der Waals surface area (Å²) in [5.74, 6) is -1.22. The predicted octanol–water partition coefficient (Wildman–Crippen LogP) is 2.23. The van der Waals surface area contributed by atoms with Gasteiger partial charge in [0.05, 0.1) is 12.0 Å². The molecule has 1 aromatic carbocycles. The molecule has 0 spiro atoms. The minimum Gasteiger partial charge on any atom is -0.466 e. The molecular weight excluding hydrogens is 309 g/mol. The molecule has 0 bridgehead atoms. The molecule has 0 aromatic heterocycles. The van der Waals surface area contributed by atoms with E-state index in [1.807, 2.05) is 0 Å². The van der Waals surface area contributed by atoms with Crippen molar-refractivity contribution in [3.8, 4) is 0 Å². The Labute approximate surface area is 129 Å². The van der Waals surface area contributed by atoms with Gasteiger partial charge in [0.1, 0.15) is 5.82 Å². The van der Waals surface area contributed by atoms with Crippen molar-refractivity contribution in [1.29, 1.82) is 0 Å². The Morgan fingerprint density at radius 3 is 2.68 bits per heavy atom. The lowest BCUT2D eigenvalue weighted by atomic mass is 10.2. The number of benzene rings is 1. The van der Waals surface area contributed by atoms with Crippen LogP contribution in [0.4, 0.5) is 4.39 Å². The highest BCUT2D eigenvalue weighted by atomic mass is 32.2.